The fourth-order valence-corrected chi connectivity index (χ4v) is 3.48. The second-order valence-electron chi connectivity index (χ2n) is 6.15. The SMILES string of the molecule is COc1cccc2c([C@H](C(=O)O)N3CCN(CCC#N)CC3)c[nH]c12. The lowest BCUT2D eigenvalue weighted by Crippen LogP contribution is -2.49. The Morgan fingerprint density at radius 3 is 2.80 bits per heavy atom. The van der Waals surface area contributed by atoms with Crippen molar-refractivity contribution >= 4 is 16.9 Å². The highest BCUT2D eigenvalue weighted by molar-refractivity contribution is 5.92. The van der Waals surface area contributed by atoms with Crippen molar-refractivity contribution in [2.45, 2.75) is 12.5 Å². The van der Waals surface area contributed by atoms with Crippen molar-refractivity contribution in [3.8, 4) is 11.8 Å². The quantitative estimate of drug-likeness (QED) is 0.832. The minimum absolute atomic E-state index is 0.505. The minimum Gasteiger partial charge on any atom is -0.495 e. The number of hydrogen-bond donors (Lipinski definition) is 2. The van der Waals surface area contributed by atoms with Gasteiger partial charge in [-0.1, -0.05) is 12.1 Å². The number of nitriles is 1. The van der Waals surface area contributed by atoms with Gasteiger partial charge < -0.3 is 14.8 Å². The lowest BCUT2D eigenvalue weighted by atomic mass is 10.0. The highest BCUT2D eigenvalue weighted by atomic mass is 16.5. The number of methoxy groups -OCH3 is 1. The number of aromatic nitrogens is 1. The molecule has 1 aliphatic heterocycles. The third-order valence-corrected chi connectivity index (χ3v) is 4.77. The molecule has 0 radical (unpaired) electrons. The van der Waals surface area contributed by atoms with Crippen LogP contribution in [0.2, 0.25) is 0 Å². The lowest BCUT2D eigenvalue weighted by molar-refractivity contribution is -0.144. The first-order valence-electron chi connectivity index (χ1n) is 8.36. The van der Waals surface area contributed by atoms with Crippen LogP contribution < -0.4 is 4.74 Å². The second-order valence-corrected chi connectivity index (χ2v) is 6.15. The van der Waals surface area contributed by atoms with Crippen molar-refractivity contribution in [2.24, 2.45) is 0 Å². The zero-order valence-electron chi connectivity index (χ0n) is 14.2. The summed E-state index contributed by atoms with van der Waals surface area (Å²) in [5, 5.41) is 19.4. The molecule has 1 fully saturated rings. The highest BCUT2D eigenvalue weighted by Crippen LogP contribution is 2.33. The average molecular weight is 342 g/mol. The van der Waals surface area contributed by atoms with E-state index in [1.54, 1.807) is 13.3 Å². The van der Waals surface area contributed by atoms with E-state index in [4.69, 9.17) is 10.00 Å². The van der Waals surface area contributed by atoms with Gasteiger partial charge in [0.25, 0.3) is 0 Å². The molecule has 0 unspecified atom stereocenters. The molecule has 3 rings (SSSR count). The number of H-pyrrole nitrogens is 1. The first-order chi connectivity index (χ1) is 12.2. The molecule has 0 spiro atoms. The molecular weight excluding hydrogens is 320 g/mol. The van der Waals surface area contributed by atoms with Crippen molar-refractivity contribution < 1.29 is 14.6 Å². The van der Waals surface area contributed by atoms with Gasteiger partial charge in [0.2, 0.25) is 0 Å². The lowest BCUT2D eigenvalue weighted by Gasteiger charge is -2.37. The summed E-state index contributed by atoms with van der Waals surface area (Å²) >= 11 is 0. The van der Waals surface area contributed by atoms with E-state index in [2.05, 4.69) is 16.0 Å². The van der Waals surface area contributed by atoms with Gasteiger partial charge in [0, 0.05) is 56.3 Å². The molecule has 132 valence electrons. The summed E-state index contributed by atoms with van der Waals surface area (Å²) in [4.78, 5) is 19.4. The molecule has 1 aromatic carbocycles. The summed E-state index contributed by atoms with van der Waals surface area (Å²) in [5.74, 6) is -0.150. The van der Waals surface area contributed by atoms with Crippen LogP contribution in [-0.4, -0.2) is 65.7 Å². The third-order valence-electron chi connectivity index (χ3n) is 4.77. The first-order valence-corrected chi connectivity index (χ1v) is 8.36. The molecule has 2 heterocycles. The maximum absolute atomic E-state index is 12.0. The zero-order chi connectivity index (χ0) is 17.8. The number of para-hydroxylation sites is 1. The van der Waals surface area contributed by atoms with Gasteiger partial charge in [-0.25, -0.2) is 0 Å². The van der Waals surface area contributed by atoms with Gasteiger partial charge in [-0.05, 0) is 6.07 Å². The molecule has 1 aromatic heterocycles. The summed E-state index contributed by atoms with van der Waals surface area (Å²) < 4.78 is 5.35. The van der Waals surface area contributed by atoms with Crippen LogP contribution in [0.5, 0.6) is 5.75 Å². The van der Waals surface area contributed by atoms with Gasteiger partial charge in [0.15, 0.2) is 0 Å². The number of fused-ring (bicyclic) bond motifs is 1. The standard InChI is InChI=1S/C18H22N4O3/c1-25-15-5-2-4-13-14(12-20-16(13)15)17(18(23)24)22-10-8-21(9-11-22)7-3-6-19/h2,4-5,12,17,20H,3,7-11H2,1H3,(H,23,24)/t17-/m1/s1. The van der Waals surface area contributed by atoms with Crippen molar-refractivity contribution in [1.29, 1.82) is 5.26 Å². The summed E-state index contributed by atoms with van der Waals surface area (Å²) in [5.41, 5.74) is 1.57. The van der Waals surface area contributed by atoms with Crippen molar-refractivity contribution in [3.63, 3.8) is 0 Å². The number of carbonyl (C=O) groups is 1. The summed E-state index contributed by atoms with van der Waals surface area (Å²) in [7, 11) is 1.60. The molecule has 1 saturated heterocycles. The fraction of sp³-hybridized carbons (Fsp3) is 0.444. The van der Waals surface area contributed by atoms with E-state index in [0.717, 1.165) is 36.1 Å². The Bertz CT molecular complexity index is 787. The molecule has 0 aliphatic carbocycles. The highest BCUT2D eigenvalue weighted by Gasteiger charge is 2.32. The number of aliphatic carboxylic acids is 1. The monoisotopic (exact) mass is 342 g/mol. The van der Waals surface area contributed by atoms with Crippen molar-refractivity contribution in [1.82, 2.24) is 14.8 Å². The van der Waals surface area contributed by atoms with E-state index in [0.29, 0.717) is 25.3 Å². The summed E-state index contributed by atoms with van der Waals surface area (Å²) in [6.07, 6.45) is 2.28. The number of aromatic amines is 1. The Balaban J connectivity index is 1.84. The van der Waals surface area contributed by atoms with E-state index in [1.807, 2.05) is 23.1 Å². The number of carboxylic acids is 1. The van der Waals surface area contributed by atoms with Crippen molar-refractivity contribution in [2.75, 3.05) is 39.8 Å². The minimum atomic E-state index is -0.853. The van der Waals surface area contributed by atoms with Crippen LogP contribution in [0.25, 0.3) is 10.9 Å². The summed E-state index contributed by atoms with van der Waals surface area (Å²) in [6.45, 7) is 3.62. The number of ether oxygens (including phenoxy) is 1. The molecule has 25 heavy (non-hydrogen) atoms. The number of nitrogens with zero attached hydrogens (tertiary/aromatic N) is 3. The Morgan fingerprint density at radius 2 is 2.16 bits per heavy atom. The van der Waals surface area contributed by atoms with Gasteiger partial charge in [-0.15, -0.1) is 0 Å². The number of carboxylic acid groups (broad SMARTS) is 1. The Morgan fingerprint density at radius 1 is 1.40 bits per heavy atom. The van der Waals surface area contributed by atoms with Gasteiger partial charge in [-0.3, -0.25) is 14.6 Å². The average Bonchev–Trinajstić information content (AvgIpc) is 3.05. The van der Waals surface area contributed by atoms with E-state index in [-0.39, 0.29) is 0 Å². The molecule has 2 N–H and O–H groups in total. The number of nitrogens with one attached hydrogen (secondary N) is 1. The van der Waals surface area contributed by atoms with E-state index < -0.39 is 12.0 Å². The molecule has 0 saturated carbocycles. The molecule has 1 atom stereocenters. The predicted octanol–water partition coefficient (Wildman–Crippen LogP) is 1.83. The fourth-order valence-electron chi connectivity index (χ4n) is 3.48. The van der Waals surface area contributed by atoms with Gasteiger partial charge in [0.05, 0.1) is 18.7 Å². The Labute approximate surface area is 146 Å². The predicted molar refractivity (Wildman–Crippen MR) is 93.5 cm³/mol. The molecule has 2 aromatic rings. The van der Waals surface area contributed by atoms with Crippen LogP contribution >= 0.6 is 0 Å². The molecule has 0 bridgehead atoms. The normalized spacial score (nSPS) is 17.3. The van der Waals surface area contributed by atoms with Crippen LogP contribution in [0.1, 0.15) is 18.0 Å². The number of hydrogen-bond acceptors (Lipinski definition) is 5. The van der Waals surface area contributed by atoms with Crippen molar-refractivity contribution in [3.05, 3.63) is 30.0 Å². The Hall–Kier alpha value is -2.56. The maximum atomic E-state index is 12.0. The summed E-state index contributed by atoms with van der Waals surface area (Å²) in [6, 6.07) is 7.10. The van der Waals surface area contributed by atoms with Crippen LogP contribution in [0.15, 0.2) is 24.4 Å². The van der Waals surface area contributed by atoms with Gasteiger partial charge in [0.1, 0.15) is 11.8 Å². The van der Waals surface area contributed by atoms with E-state index in [9.17, 15) is 9.90 Å². The second kappa shape index (κ2) is 7.55. The molecule has 7 nitrogen and oxygen atoms in total. The molecule has 0 amide bonds. The van der Waals surface area contributed by atoms with E-state index in [1.165, 1.54) is 0 Å². The van der Waals surface area contributed by atoms with Crippen LogP contribution in [0.4, 0.5) is 0 Å². The van der Waals surface area contributed by atoms with Crippen LogP contribution in [-0.2, 0) is 4.79 Å². The topological polar surface area (TPSA) is 92.6 Å². The third kappa shape index (κ3) is 3.45. The van der Waals surface area contributed by atoms with E-state index >= 15 is 0 Å². The number of piperazine rings is 1. The molecule has 7 heteroatoms. The largest absolute Gasteiger partial charge is 0.495 e. The first kappa shape index (κ1) is 17.3. The maximum Gasteiger partial charge on any atom is 0.325 e. The van der Waals surface area contributed by atoms with Crippen LogP contribution in [0, 0.1) is 11.3 Å². The molecular formula is C18H22N4O3. The number of rotatable bonds is 6. The number of benzene rings is 1. The smallest absolute Gasteiger partial charge is 0.325 e. The van der Waals surface area contributed by atoms with Gasteiger partial charge in [-0.2, -0.15) is 5.26 Å². The van der Waals surface area contributed by atoms with Crippen LogP contribution in [0.3, 0.4) is 0 Å². The zero-order valence-corrected chi connectivity index (χ0v) is 14.2. The Kier molecular flexibility index (Phi) is 5.22. The molecule has 1 aliphatic rings. The van der Waals surface area contributed by atoms with Gasteiger partial charge >= 0.3 is 5.97 Å².